The smallest absolute Gasteiger partial charge is 0.290 e. The van der Waals surface area contributed by atoms with E-state index in [0.717, 1.165) is 39.1 Å². The molecule has 1 fully saturated rings. The molecular formula is C16H25N5O2. The number of nitrogens with zero attached hydrogens (tertiary/aromatic N) is 5. The first kappa shape index (κ1) is 17.4. The minimum absolute atomic E-state index is 0.250. The van der Waals surface area contributed by atoms with Crippen molar-refractivity contribution in [3.63, 3.8) is 0 Å². The summed E-state index contributed by atoms with van der Waals surface area (Å²) in [6.07, 6.45) is 3.79. The van der Waals surface area contributed by atoms with Crippen LogP contribution in [0.3, 0.4) is 0 Å². The molecule has 1 aromatic rings. The van der Waals surface area contributed by atoms with Gasteiger partial charge >= 0.3 is 0 Å². The minimum atomic E-state index is -0.250. The first-order valence-corrected chi connectivity index (χ1v) is 8.22. The predicted molar refractivity (Wildman–Crippen MR) is 85.8 cm³/mol. The van der Waals surface area contributed by atoms with E-state index < -0.39 is 0 Å². The molecule has 126 valence electrons. The Morgan fingerprint density at radius 2 is 2.22 bits per heavy atom. The largest absolute Gasteiger partial charge is 0.483 e. The van der Waals surface area contributed by atoms with Gasteiger partial charge in [-0.2, -0.15) is 10.4 Å². The van der Waals surface area contributed by atoms with Crippen LogP contribution in [0.25, 0.3) is 0 Å². The van der Waals surface area contributed by atoms with Crippen molar-refractivity contribution in [2.75, 3.05) is 26.2 Å². The second-order valence-corrected chi connectivity index (χ2v) is 5.97. The van der Waals surface area contributed by atoms with Gasteiger partial charge in [-0.05, 0) is 38.4 Å². The number of nitriles is 1. The second kappa shape index (κ2) is 8.65. The van der Waals surface area contributed by atoms with Gasteiger partial charge in [0.15, 0.2) is 5.69 Å². The zero-order valence-corrected chi connectivity index (χ0v) is 13.7. The van der Waals surface area contributed by atoms with Crippen LogP contribution in [0.5, 0.6) is 0 Å². The molecule has 1 N–H and O–H groups in total. The molecule has 0 radical (unpaired) electrons. The Labute approximate surface area is 137 Å². The van der Waals surface area contributed by atoms with Gasteiger partial charge < -0.3 is 5.11 Å². The Balaban J connectivity index is 0.000000595. The van der Waals surface area contributed by atoms with Crippen LogP contribution in [0.4, 0.5) is 0 Å². The van der Waals surface area contributed by atoms with Crippen LogP contribution in [0, 0.1) is 11.3 Å². The van der Waals surface area contributed by atoms with E-state index in [2.05, 4.69) is 27.9 Å². The van der Waals surface area contributed by atoms with Gasteiger partial charge in [0, 0.05) is 32.2 Å². The molecule has 0 amide bonds. The zero-order chi connectivity index (χ0) is 16.7. The van der Waals surface area contributed by atoms with Gasteiger partial charge in [0.2, 0.25) is 0 Å². The number of fused-ring (bicyclic) bond motifs is 1. The first-order valence-electron chi connectivity index (χ1n) is 8.22. The number of aryl methyl sites for hydroxylation is 1. The number of carboxylic acid groups (broad SMARTS) is 1. The number of carbonyl (C=O) groups is 1. The summed E-state index contributed by atoms with van der Waals surface area (Å²) in [5, 5.41) is 20.2. The van der Waals surface area contributed by atoms with Gasteiger partial charge in [-0.15, -0.1) is 0 Å². The van der Waals surface area contributed by atoms with Crippen molar-refractivity contribution < 1.29 is 9.90 Å². The van der Waals surface area contributed by atoms with Gasteiger partial charge in [0.1, 0.15) is 6.07 Å². The van der Waals surface area contributed by atoms with Crippen LogP contribution >= 0.6 is 0 Å². The molecule has 0 aliphatic carbocycles. The fourth-order valence-corrected chi connectivity index (χ4v) is 3.56. The van der Waals surface area contributed by atoms with Gasteiger partial charge in [0.25, 0.3) is 6.47 Å². The molecule has 2 aliphatic heterocycles. The fourth-order valence-electron chi connectivity index (χ4n) is 3.56. The van der Waals surface area contributed by atoms with Crippen LogP contribution in [-0.2, 0) is 17.9 Å². The van der Waals surface area contributed by atoms with Crippen molar-refractivity contribution in [1.82, 2.24) is 19.6 Å². The Hall–Kier alpha value is -1.91. The lowest BCUT2D eigenvalue weighted by Crippen LogP contribution is -2.40. The molecule has 1 atom stereocenters. The van der Waals surface area contributed by atoms with Crippen molar-refractivity contribution >= 4 is 6.47 Å². The number of aromatic nitrogens is 2. The van der Waals surface area contributed by atoms with Gasteiger partial charge in [0.05, 0.1) is 5.69 Å². The summed E-state index contributed by atoms with van der Waals surface area (Å²) < 4.78 is 2.02. The standard InChI is InChI=1S/C15H23N5.CH2O2/c1-2-19-7-3-5-14(19)11-18-6-4-8-20-15(12-18)9-13(10-16)17-20;2-1-3/h9,14H,2-8,11-12H2,1H3;1H,(H,2,3). The average Bonchev–Trinajstić information content (AvgIpc) is 3.10. The molecule has 7 heteroatoms. The summed E-state index contributed by atoms with van der Waals surface area (Å²) in [5.41, 5.74) is 1.75. The highest BCUT2D eigenvalue weighted by Gasteiger charge is 2.26. The molecule has 0 aromatic carbocycles. The van der Waals surface area contributed by atoms with Gasteiger partial charge in [-0.1, -0.05) is 6.92 Å². The summed E-state index contributed by atoms with van der Waals surface area (Å²) >= 11 is 0. The first-order chi connectivity index (χ1) is 11.2. The van der Waals surface area contributed by atoms with E-state index in [0.29, 0.717) is 11.7 Å². The Morgan fingerprint density at radius 1 is 1.43 bits per heavy atom. The van der Waals surface area contributed by atoms with Crippen LogP contribution < -0.4 is 0 Å². The molecule has 3 rings (SSSR count). The van der Waals surface area contributed by atoms with E-state index in [1.807, 2.05) is 10.7 Å². The summed E-state index contributed by atoms with van der Waals surface area (Å²) in [4.78, 5) is 13.5. The molecule has 0 saturated carbocycles. The monoisotopic (exact) mass is 319 g/mol. The van der Waals surface area contributed by atoms with Gasteiger partial charge in [-0.3, -0.25) is 19.3 Å². The SMILES string of the molecule is CCN1CCCC1CN1CCCn2nc(C#N)cc2C1.O=CO. The molecule has 23 heavy (non-hydrogen) atoms. The van der Waals surface area contributed by atoms with E-state index in [9.17, 15) is 0 Å². The molecule has 7 nitrogen and oxygen atoms in total. The van der Waals surface area contributed by atoms with Crippen LogP contribution in [0.1, 0.15) is 37.6 Å². The van der Waals surface area contributed by atoms with Crippen molar-refractivity contribution in [2.24, 2.45) is 0 Å². The molecule has 1 unspecified atom stereocenters. The van der Waals surface area contributed by atoms with Crippen LogP contribution in [0.15, 0.2) is 6.07 Å². The van der Waals surface area contributed by atoms with E-state index in [4.69, 9.17) is 15.2 Å². The molecule has 0 bridgehead atoms. The summed E-state index contributed by atoms with van der Waals surface area (Å²) in [6, 6.07) is 4.81. The quantitative estimate of drug-likeness (QED) is 0.841. The highest BCUT2D eigenvalue weighted by molar-refractivity contribution is 5.32. The number of likely N-dealkylation sites (tertiary alicyclic amines) is 1. The molecule has 2 aliphatic rings. The molecule has 0 spiro atoms. The molecule has 1 saturated heterocycles. The Kier molecular flexibility index (Phi) is 6.56. The number of hydrogen-bond acceptors (Lipinski definition) is 5. The third-order valence-electron chi connectivity index (χ3n) is 4.58. The topological polar surface area (TPSA) is 85.4 Å². The highest BCUT2D eigenvalue weighted by atomic mass is 16.3. The normalized spacial score (nSPS) is 21.7. The lowest BCUT2D eigenvalue weighted by atomic mass is 10.2. The Bertz CT molecular complexity index is 551. The molecule has 1 aromatic heterocycles. The zero-order valence-electron chi connectivity index (χ0n) is 13.7. The lowest BCUT2D eigenvalue weighted by Gasteiger charge is -2.29. The average molecular weight is 319 g/mol. The number of likely N-dealkylation sites (N-methyl/N-ethyl adjacent to an activating group) is 1. The number of hydrogen-bond donors (Lipinski definition) is 1. The Morgan fingerprint density at radius 3 is 2.91 bits per heavy atom. The maximum absolute atomic E-state index is 8.97. The summed E-state index contributed by atoms with van der Waals surface area (Å²) in [6.45, 7) is 8.59. The van der Waals surface area contributed by atoms with E-state index in [1.165, 1.54) is 25.1 Å². The third kappa shape index (κ3) is 4.53. The van der Waals surface area contributed by atoms with Crippen molar-refractivity contribution in [3.05, 3.63) is 17.5 Å². The molecule has 3 heterocycles. The van der Waals surface area contributed by atoms with Crippen molar-refractivity contribution in [2.45, 2.75) is 45.3 Å². The third-order valence-corrected chi connectivity index (χ3v) is 4.58. The number of rotatable bonds is 3. The van der Waals surface area contributed by atoms with E-state index in [1.54, 1.807) is 0 Å². The van der Waals surface area contributed by atoms with Crippen molar-refractivity contribution in [3.8, 4) is 6.07 Å². The predicted octanol–water partition coefficient (Wildman–Crippen LogP) is 1.15. The van der Waals surface area contributed by atoms with Crippen molar-refractivity contribution in [1.29, 1.82) is 5.26 Å². The maximum atomic E-state index is 8.97. The summed E-state index contributed by atoms with van der Waals surface area (Å²) in [5.74, 6) is 0. The maximum Gasteiger partial charge on any atom is 0.290 e. The van der Waals surface area contributed by atoms with Gasteiger partial charge in [-0.25, -0.2) is 0 Å². The van der Waals surface area contributed by atoms with Crippen LogP contribution in [-0.4, -0.2) is 63.4 Å². The second-order valence-electron chi connectivity index (χ2n) is 5.97. The van der Waals surface area contributed by atoms with E-state index >= 15 is 0 Å². The molecular weight excluding hydrogens is 294 g/mol. The van der Waals surface area contributed by atoms with Crippen LogP contribution in [0.2, 0.25) is 0 Å². The summed E-state index contributed by atoms with van der Waals surface area (Å²) in [7, 11) is 0. The fraction of sp³-hybridized carbons (Fsp3) is 0.688. The minimum Gasteiger partial charge on any atom is -0.483 e. The lowest BCUT2D eigenvalue weighted by molar-refractivity contribution is -0.122. The highest BCUT2D eigenvalue weighted by Crippen LogP contribution is 2.20. The van der Waals surface area contributed by atoms with E-state index in [-0.39, 0.29) is 6.47 Å².